The minimum Gasteiger partial charge on any atom is -0.496 e. The van der Waals surface area contributed by atoms with Crippen LogP contribution in [0.4, 0.5) is 0 Å². The molecule has 0 bridgehead atoms. The van der Waals surface area contributed by atoms with Crippen molar-refractivity contribution in [1.82, 2.24) is 4.40 Å². The molecule has 0 unspecified atom stereocenters. The van der Waals surface area contributed by atoms with Crippen LogP contribution in [0.2, 0.25) is 0 Å². The molecule has 0 N–H and O–H groups in total. The van der Waals surface area contributed by atoms with Crippen LogP contribution in [0.1, 0.15) is 16.1 Å². The van der Waals surface area contributed by atoms with Crippen molar-refractivity contribution in [3.63, 3.8) is 0 Å². The molecule has 4 aromatic rings. The molecule has 4 nitrogen and oxygen atoms in total. The average molecular weight is 345 g/mol. The molecule has 2 aromatic heterocycles. The van der Waals surface area contributed by atoms with Crippen molar-refractivity contribution in [3.8, 4) is 22.6 Å². The summed E-state index contributed by atoms with van der Waals surface area (Å²) in [7, 11) is 3.28. The van der Waals surface area contributed by atoms with Crippen LogP contribution in [0.3, 0.4) is 0 Å². The summed E-state index contributed by atoms with van der Waals surface area (Å²) in [5.74, 6) is 1.42. The van der Waals surface area contributed by atoms with Gasteiger partial charge in [-0.05, 0) is 36.1 Å². The Hall–Kier alpha value is -3.27. The zero-order valence-corrected chi connectivity index (χ0v) is 14.9. The second kappa shape index (κ2) is 6.23. The van der Waals surface area contributed by atoms with Gasteiger partial charge in [-0.2, -0.15) is 0 Å². The highest BCUT2D eigenvalue weighted by atomic mass is 16.5. The lowest BCUT2D eigenvalue weighted by Gasteiger charge is -2.15. The van der Waals surface area contributed by atoms with E-state index in [1.165, 1.54) is 0 Å². The summed E-state index contributed by atoms with van der Waals surface area (Å²) < 4.78 is 13.1. The maximum atomic E-state index is 11.9. The van der Waals surface area contributed by atoms with Gasteiger partial charge in [-0.3, -0.25) is 4.79 Å². The number of hydrogen-bond donors (Lipinski definition) is 0. The number of carbonyl (C=O) groups is 1. The Kier molecular flexibility index (Phi) is 3.88. The molecule has 0 atom stereocenters. The van der Waals surface area contributed by atoms with E-state index in [2.05, 4.69) is 6.07 Å². The van der Waals surface area contributed by atoms with Gasteiger partial charge in [-0.1, -0.05) is 24.3 Å². The van der Waals surface area contributed by atoms with Crippen molar-refractivity contribution in [1.29, 1.82) is 0 Å². The number of aromatic nitrogens is 1. The number of methoxy groups -OCH3 is 2. The van der Waals surface area contributed by atoms with Crippen LogP contribution in [-0.2, 0) is 0 Å². The van der Waals surface area contributed by atoms with Crippen molar-refractivity contribution in [3.05, 3.63) is 66.0 Å². The van der Waals surface area contributed by atoms with Crippen molar-refractivity contribution in [2.24, 2.45) is 0 Å². The molecule has 4 heteroatoms. The van der Waals surface area contributed by atoms with Crippen LogP contribution in [0.5, 0.6) is 11.5 Å². The fraction of sp³-hybridized carbons (Fsp3) is 0.136. The Balaban J connectivity index is 2.15. The summed E-state index contributed by atoms with van der Waals surface area (Å²) in [5.41, 5.74) is 4.47. The summed E-state index contributed by atoms with van der Waals surface area (Å²) >= 11 is 0. The van der Waals surface area contributed by atoms with Gasteiger partial charge in [0, 0.05) is 34.3 Å². The highest BCUT2D eigenvalue weighted by Gasteiger charge is 2.20. The van der Waals surface area contributed by atoms with Crippen LogP contribution in [0.25, 0.3) is 27.4 Å². The monoisotopic (exact) mass is 345 g/mol. The van der Waals surface area contributed by atoms with E-state index in [4.69, 9.17) is 9.47 Å². The van der Waals surface area contributed by atoms with E-state index in [1.807, 2.05) is 60.0 Å². The number of carbonyl (C=O) groups excluding carboxylic acids is 1. The first-order valence-corrected chi connectivity index (χ1v) is 8.39. The molecule has 0 saturated heterocycles. The van der Waals surface area contributed by atoms with Gasteiger partial charge < -0.3 is 13.9 Å². The topological polar surface area (TPSA) is 39.9 Å². The predicted octanol–water partition coefficient (Wildman–Crippen LogP) is 4.90. The molecule has 0 radical (unpaired) electrons. The SMILES string of the molecule is COc1cc(OC)c2ccccc2c1-c1cc2cc(C)ccn2c1C=O. The van der Waals surface area contributed by atoms with Gasteiger partial charge in [0.2, 0.25) is 0 Å². The van der Waals surface area contributed by atoms with Gasteiger partial charge in [0.1, 0.15) is 11.5 Å². The van der Waals surface area contributed by atoms with Crippen LogP contribution < -0.4 is 9.47 Å². The van der Waals surface area contributed by atoms with Crippen molar-refractivity contribution in [2.75, 3.05) is 14.2 Å². The third-order valence-corrected chi connectivity index (χ3v) is 4.76. The molecule has 4 rings (SSSR count). The smallest absolute Gasteiger partial charge is 0.167 e. The lowest BCUT2D eigenvalue weighted by atomic mass is 9.96. The number of aldehydes is 1. The minimum absolute atomic E-state index is 0.605. The highest BCUT2D eigenvalue weighted by molar-refractivity contribution is 6.06. The summed E-state index contributed by atoms with van der Waals surface area (Å²) in [5, 5.41) is 1.97. The molecule has 0 aliphatic rings. The van der Waals surface area contributed by atoms with E-state index in [1.54, 1.807) is 14.2 Å². The number of pyridine rings is 1. The van der Waals surface area contributed by atoms with Gasteiger partial charge in [0.25, 0.3) is 0 Å². The average Bonchev–Trinajstić information content (AvgIpc) is 3.03. The zero-order chi connectivity index (χ0) is 18.3. The lowest BCUT2D eigenvalue weighted by molar-refractivity contribution is 0.111. The van der Waals surface area contributed by atoms with Crippen LogP contribution >= 0.6 is 0 Å². The Labute approximate surface area is 151 Å². The van der Waals surface area contributed by atoms with E-state index in [9.17, 15) is 4.79 Å². The van der Waals surface area contributed by atoms with Gasteiger partial charge in [0.15, 0.2) is 6.29 Å². The first kappa shape index (κ1) is 16.2. The molecule has 0 spiro atoms. The molecule has 0 fully saturated rings. The number of rotatable bonds is 4. The van der Waals surface area contributed by atoms with E-state index >= 15 is 0 Å². The Morgan fingerprint density at radius 1 is 0.923 bits per heavy atom. The fourth-order valence-corrected chi connectivity index (χ4v) is 3.56. The number of nitrogens with zero attached hydrogens (tertiary/aromatic N) is 1. The van der Waals surface area contributed by atoms with Crippen molar-refractivity contribution >= 4 is 22.6 Å². The first-order valence-electron chi connectivity index (χ1n) is 8.39. The molecule has 26 heavy (non-hydrogen) atoms. The highest BCUT2D eigenvalue weighted by Crippen LogP contribution is 2.43. The Morgan fingerprint density at radius 3 is 2.35 bits per heavy atom. The largest absolute Gasteiger partial charge is 0.496 e. The van der Waals surface area contributed by atoms with Gasteiger partial charge in [-0.25, -0.2) is 0 Å². The normalized spacial score (nSPS) is 11.0. The van der Waals surface area contributed by atoms with E-state index in [-0.39, 0.29) is 0 Å². The molecule has 2 heterocycles. The molecular formula is C22H19NO3. The molecule has 0 amide bonds. The second-order valence-corrected chi connectivity index (χ2v) is 6.26. The number of benzene rings is 2. The summed E-state index contributed by atoms with van der Waals surface area (Å²) in [6.45, 7) is 2.04. The van der Waals surface area contributed by atoms with E-state index in [0.717, 1.165) is 45.0 Å². The zero-order valence-electron chi connectivity index (χ0n) is 14.9. The van der Waals surface area contributed by atoms with Gasteiger partial charge in [0.05, 0.1) is 19.9 Å². The molecule has 0 aliphatic carbocycles. The van der Waals surface area contributed by atoms with Crippen molar-refractivity contribution in [2.45, 2.75) is 6.92 Å². The van der Waals surface area contributed by atoms with Gasteiger partial charge in [-0.15, -0.1) is 0 Å². The van der Waals surface area contributed by atoms with Crippen LogP contribution in [0, 0.1) is 6.92 Å². The number of ether oxygens (including phenoxy) is 2. The third-order valence-electron chi connectivity index (χ3n) is 4.76. The number of fused-ring (bicyclic) bond motifs is 2. The minimum atomic E-state index is 0.605. The molecule has 130 valence electrons. The molecule has 2 aromatic carbocycles. The molecule has 0 saturated carbocycles. The first-order chi connectivity index (χ1) is 12.7. The number of hydrogen-bond acceptors (Lipinski definition) is 3. The molecular weight excluding hydrogens is 326 g/mol. The van der Waals surface area contributed by atoms with Crippen LogP contribution in [-0.4, -0.2) is 24.9 Å². The van der Waals surface area contributed by atoms with Gasteiger partial charge >= 0.3 is 0 Å². The third kappa shape index (κ3) is 2.34. The fourth-order valence-electron chi connectivity index (χ4n) is 3.56. The van der Waals surface area contributed by atoms with E-state index < -0.39 is 0 Å². The number of aryl methyl sites for hydroxylation is 1. The maximum absolute atomic E-state index is 11.9. The standard InChI is InChI=1S/C22H19NO3/c1-14-8-9-23-15(10-14)11-18(19(23)13-24)22-17-7-5-4-6-16(17)20(25-2)12-21(22)26-3/h4-13H,1-3H3. The Morgan fingerprint density at radius 2 is 1.65 bits per heavy atom. The van der Waals surface area contributed by atoms with E-state index in [0.29, 0.717) is 11.4 Å². The maximum Gasteiger partial charge on any atom is 0.167 e. The quantitative estimate of drug-likeness (QED) is 0.494. The summed E-state index contributed by atoms with van der Waals surface area (Å²) in [4.78, 5) is 11.9. The summed E-state index contributed by atoms with van der Waals surface area (Å²) in [6.07, 6.45) is 2.83. The summed E-state index contributed by atoms with van der Waals surface area (Å²) in [6, 6.07) is 16.0. The molecule has 0 aliphatic heterocycles. The Bertz CT molecular complexity index is 1140. The second-order valence-electron chi connectivity index (χ2n) is 6.26. The van der Waals surface area contributed by atoms with Crippen LogP contribution in [0.15, 0.2) is 54.7 Å². The predicted molar refractivity (Wildman–Crippen MR) is 104 cm³/mol. The lowest BCUT2D eigenvalue weighted by Crippen LogP contribution is -1.96. The van der Waals surface area contributed by atoms with Crippen molar-refractivity contribution < 1.29 is 14.3 Å².